The topological polar surface area (TPSA) is 0 Å². The Hall–Kier alpha value is -0.780. The quantitative estimate of drug-likeness (QED) is 0.234. The van der Waals surface area contributed by atoms with Crippen LogP contribution in [-0.2, 0) is 0 Å². The normalized spacial score (nSPS) is 11.6. The van der Waals surface area contributed by atoms with E-state index in [1.165, 1.54) is 57.8 Å². The molecule has 0 rings (SSSR count). The van der Waals surface area contributed by atoms with E-state index in [-0.39, 0.29) is 0 Å². The molecule has 0 amide bonds. The minimum absolute atomic E-state index is 1.21. The van der Waals surface area contributed by atoms with Gasteiger partial charge in [-0.1, -0.05) is 69.6 Å². The van der Waals surface area contributed by atoms with Crippen LogP contribution in [0.3, 0.4) is 0 Å². The van der Waals surface area contributed by atoms with Crippen LogP contribution in [0.1, 0.15) is 64.7 Å². The van der Waals surface area contributed by atoms with Gasteiger partial charge in [0.15, 0.2) is 0 Å². The average molecular weight is 220 g/mol. The first-order valence-electron chi connectivity index (χ1n) is 6.84. The van der Waals surface area contributed by atoms with Gasteiger partial charge in [0.05, 0.1) is 0 Å². The first-order chi connectivity index (χ1) is 7.91. The van der Waals surface area contributed by atoms with Crippen LogP contribution in [-0.4, -0.2) is 0 Å². The molecule has 0 unspecified atom stereocenters. The van der Waals surface area contributed by atoms with Crippen LogP contribution in [0, 0.1) is 0 Å². The number of rotatable bonds is 11. The summed E-state index contributed by atoms with van der Waals surface area (Å²) < 4.78 is 0. The van der Waals surface area contributed by atoms with Crippen LogP contribution in [0.25, 0.3) is 0 Å². The maximum absolute atomic E-state index is 3.66. The third-order valence-electron chi connectivity index (χ3n) is 2.64. The Labute approximate surface area is 102 Å². The zero-order valence-corrected chi connectivity index (χ0v) is 11.0. The van der Waals surface area contributed by atoms with Crippen molar-refractivity contribution in [2.24, 2.45) is 0 Å². The van der Waals surface area contributed by atoms with E-state index in [4.69, 9.17) is 0 Å². The van der Waals surface area contributed by atoms with Crippen molar-refractivity contribution in [3.63, 3.8) is 0 Å². The molecule has 0 N–H and O–H groups in total. The van der Waals surface area contributed by atoms with Gasteiger partial charge in [0.2, 0.25) is 0 Å². The monoisotopic (exact) mass is 220 g/mol. The van der Waals surface area contributed by atoms with Crippen LogP contribution in [0.2, 0.25) is 0 Å². The molecule has 0 atom stereocenters. The molecule has 16 heavy (non-hydrogen) atoms. The second-order valence-electron chi connectivity index (χ2n) is 4.27. The Morgan fingerprint density at radius 2 is 1.31 bits per heavy atom. The fraction of sp³-hybridized carbons (Fsp3) is 0.625. The van der Waals surface area contributed by atoms with Gasteiger partial charge in [-0.15, -0.1) is 0 Å². The molecular weight excluding hydrogens is 192 g/mol. The van der Waals surface area contributed by atoms with Gasteiger partial charge in [-0.2, -0.15) is 0 Å². The van der Waals surface area contributed by atoms with E-state index >= 15 is 0 Å². The second-order valence-corrected chi connectivity index (χ2v) is 4.27. The Morgan fingerprint density at radius 1 is 0.750 bits per heavy atom. The van der Waals surface area contributed by atoms with Gasteiger partial charge in [-0.3, -0.25) is 0 Å². The third-order valence-corrected chi connectivity index (χ3v) is 2.64. The molecule has 0 heteroatoms. The first-order valence-corrected chi connectivity index (χ1v) is 6.84. The fourth-order valence-corrected chi connectivity index (χ4v) is 1.65. The second kappa shape index (κ2) is 14.2. The van der Waals surface area contributed by atoms with Crippen LogP contribution in [0.15, 0.2) is 37.0 Å². The van der Waals surface area contributed by atoms with Crippen molar-refractivity contribution in [1.29, 1.82) is 0 Å². The van der Waals surface area contributed by atoms with Gasteiger partial charge < -0.3 is 0 Å². The van der Waals surface area contributed by atoms with Crippen molar-refractivity contribution in [2.75, 3.05) is 0 Å². The minimum Gasteiger partial charge on any atom is -0.0991 e. The van der Waals surface area contributed by atoms with Gasteiger partial charge in [0, 0.05) is 0 Å². The van der Waals surface area contributed by atoms with E-state index < -0.39 is 0 Å². The molecule has 0 bridgehead atoms. The molecule has 0 spiro atoms. The Morgan fingerprint density at radius 3 is 1.94 bits per heavy atom. The molecule has 0 saturated carbocycles. The molecule has 0 aromatic rings. The zero-order valence-electron chi connectivity index (χ0n) is 11.0. The number of hydrogen-bond donors (Lipinski definition) is 0. The Kier molecular flexibility index (Phi) is 13.5. The van der Waals surface area contributed by atoms with E-state index in [2.05, 4.69) is 31.7 Å². The summed E-state index contributed by atoms with van der Waals surface area (Å²) in [6.07, 6.45) is 22.6. The van der Waals surface area contributed by atoms with Crippen LogP contribution >= 0.6 is 0 Å². The maximum atomic E-state index is 3.66. The lowest BCUT2D eigenvalue weighted by atomic mass is 10.1. The highest BCUT2D eigenvalue weighted by molar-refractivity contribution is 4.96. The van der Waals surface area contributed by atoms with Crippen molar-refractivity contribution < 1.29 is 0 Å². The molecule has 0 aliphatic carbocycles. The standard InChI is InChI=1S/C16H28/c1-3-5-7-9-11-13-15-16-14-12-10-8-6-4-2/h3,5,7-8,10H,1,4,6,9,11-16H2,2H3. The summed E-state index contributed by atoms with van der Waals surface area (Å²) in [7, 11) is 0. The average Bonchev–Trinajstić information content (AvgIpc) is 2.31. The molecule has 0 saturated heterocycles. The molecule has 0 aromatic carbocycles. The molecule has 0 aliphatic heterocycles. The summed E-state index contributed by atoms with van der Waals surface area (Å²) in [5, 5.41) is 0. The SMILES string of the molecule is C=CC=CCCCCCCCC=CCCC. The lowest BCUT2D eigenvalue weighted by Gasteiger charge is -1.98. The molecule has 0 fully saturated rings. The van der Waals surface area contributed by atoms with Crippen LogP contribution in [0.4, 0.5) is 0 Å². The van der Waals surface area contributed by atoms with Crippen molar-refractivity contribution >= 4 is 0 Å². The smallest absolute Gasteiger partial charge is 0.0348 e. The van der Waals surface area contributed by atoms with Crippen molar-refractivity contribution in [3.8, 4) is 0 Å². The summed E-state index contributed by atoms with van der Waals surface area (Å²) in [4.78, 5) is 0. The summed E-state index contributed by atoms with van der Waals surface area (Å²) in [6, 6.07) is 0. The van der Waals surface area contributed by atoms with Crippen molar-refractivity contribution in [1.82, 2.24) is 0 Å². The summed E-state index contributed by atoms with van der Waals surface area (Å²) in [5.41, 5.74) is 0. The van der Waals surface area contributed by atoms with Gasteiger partial charge in [0.25, 0.3) is 0 Å². The summed E-state index contributed by atoms with van der Waals surface area (Å²) in [6.45, 7) is 5.88. The van der Waals surface area contributed by atoms with E-state index in [1.807, 2.05) is 12.2 Å². The van der Waals surface area contributed by atoms with E-state index in [0.717, 1.165) is 0 Å². The lowest BCUT2D eigenvalue weighted by Crippen LogP contribution is -1.78. The van der Waals surface area contributed by atoms with Gasteiger partial charge >= 0.3 is 0 Å². The Bertz CT molecular complexity index is 186. The summed E-state index contributed by atoms with van der Waals surface area (Å²) in [5.74, 6) is 0. The molecule has 92 valence electrons. The van der Waals surface area contributed by atoms with E-state index in [9.17, 15) is 0 Å². The van der Waals surface area contributed by atoms with Gasteiger partial charge in [-0.05, 0) is 32.1 Å². The number of unbranched alkanes of at least 4 members (excludes halogenated alkanes) is 7. The maximum Gasteiger partial charge on any atom is -0.0348 e. The Balaban J connectivity index is 3.04. The first kappa shape index (κ1) is 15.2. The van der Waals surface area contributed by atoms with Gasteiger partial charge in [0.1, 0.15) is 0 Å². The number of hydrogen-bond acceptors (Lipinski definition) is 0. The molecule has 0 radical (unpaired) electrons. The molecule has 0 aromatic heterocycles. The molecule has 0 heterocycles. The van der Waals surface area contributed by atoms with E-state index in [0.29, 0.717) is 0 Å². The van der Waals surface area contributed by atoms with Crippen molar-refractivity contribution in [3.05, 3.63) is 37.0 Å². The predicted molar refractivity (Wildman–Crippen MR) is 75.7 cm³/mol. The zero-order chi connectivity index (χ0) is 11.9. The molecule has 0 aliphatic rings. The lowest BCUT2D eigenvalue weighted by molar-refractivity contribution is 0.621. The third kappa shape index (κ3) is 13.2. The molecule has 0 nitrogen and oxygen atoms in total. The van der Waals surface area contributed by atoms with E-state index in [1.54, 1.807) is 0 Å². The highest BCUT2D eigenvalue weighted by atomic mass is 13.9. The van der Waals surface area contributed by atoms with Crippen molar-refractivity contribution in [2.45, 2.75) is 64.7 Å². The summed E-state index contributed by atoms with van der Waals surface area (Å²) >= 11 is 0. The predicted octanol–water partition coefficient (Wildman–Crippen LogP) is 5.82. The van der Waals surface area contributed by atoms with Crippen LogP contribution < -0.4 is 0 Å². The molecular formula is C16H28. The number of allylic oxidation sites excluding steroid dienone is 5. The van der Waals surface area contributed by atoms with Gasteiger partial charge in [-0.25, -0.2) is 0 Å². The van der Waals surface area contributed by atoms with Crippen LogP contribution in [0.5, 0.6) is 0 Å². The fourth-order valence-electron chi connectivity index (χ4n) is 1.65. The largest absolute Gasteiger partial charge is 0.0991 e. The highest BCUT2D eigenvalue weighted by Gasteiger charge is 1.88. The minimum atomic E-state index is 1.21. The highest BCUT2D eigenvalue weighted by Crippen LogP contribution is 2.08.